The largest absolute Gasteiger partial charge is 0.416 e. The third kappa shape index (κ3) is 4.47. The van der Waals surface area contributed by atoms with Crippen LogP contribution >= 0.6 is 11.6 Å². The van der Waals surface area contributed by atoms with E-state index < -0.39 is 23.5 Å². The van der Waals surface area contributed by atoms with Gasteiger partial charge in [-0.25, -0.2) is 0 Å². The number of aromatic nitrogens is 2. The number of hydrogen-bond acceptors (Lipinski definition) is 3. The summed E-state index contributed by atoms with van der Waals surface area (Å²) in [5.41, 5.74) is -3.10. The Balaban J connectivity index is 2.40. The fourth-order valence-corrected chi connectivity index (χ4v) is 1.74. The molecule has 0 atom stereocenters. The summed E-state index contributed by atoms with van der Waals surface area (Å²) in [6.45, 7) is 0. The van der Waals surface area contributed by atoms with Crippen molar-refractivity contribution in [1.82, 2.24) is 10.1 Å². The van der Waals surface area contributed by atoms with E-state index in [9.17, 15) is 26.3 Å². The van der Waals surface area contributed by atoms with Gasteiger partial charge in [0.05, 0.1) is 11.1 Å². The Morgan fingerprint density at radius 3 is 1.96 bits per heavy atom. The Morgan fingerprint density at radius 2 is 1.52 bits per heavy atom. The van der Waals surface area contributed by atoms with Gasteiger partial charge in [0.25, 0.3) is 0 Å². The number of nitrogens with zero attached hydrogens (tertiary/aromatic N) is 2. The predicted octanol–water partition coefficient (Wildman–Crippen LogP) is 5.02. The zero-order valence-electron chi connectivity index (χ0n) is 11.0. The van der Waals surface area contributed by atoms with Crippen LogP contribution in [-0.4, -0.2) is 10.1 Å². The van der Waals surface area contributed by atoms with E-state index in [2.05, 4.69) is 14.7 Å². The normalized spacial score (nSPS) is 13.0. The molecule has 0 radical (unpaired) electrons. The molecule has 2 rings (SSSR count). The van der Waals surface area contributed by atoms with Crippen molar-refractivity contribution < 1.29 is 30.9 Å². The Labute approximate surface area is 130 Å². The van der Waals surface area contributed by atoms with E-state index in [0.29, 0.717) is 12.1 Å². The highest BCUT2D eigenvalue weighted by atomic mass is 35.5. The Bertz CT molecular complexity index is 688. The molecule has 124 valence electrons. The number of hydrogen-bond donors (Lipinski definition) is 0. The van der Waals surface area contributed by atoms with Gasteiger partial charge in [-0.15, -0.1) is 11.6 Å². The van der Waals surface area contributed by atoms with Gasteiger partial charge in [0, 0.05) is 0 Å². The Morgan fingerprint density at radius 1 is 0.957 bits per heavy atom. The lowest BCUT2D eigenvalue weighted by Crippen LogP contribution is -2.11. The second-order valence-electron chi connectivity index (χ2n) is 4.35. The maximum Gasteiger partial charge on any atom is 0.416 e. The molecule has 10 heteroatoms. The van der Waals surface area contributed by atoms with Crippen LogP contribution in [0, 0.1) is 0 Å². The second kappa shape index (κ2) is 6.23. The minimum atomic E-state index is -4.90. The summed E-state index contributed by atoms with van der Waals surface area (Å²) in [5, 5.41) is 3.44. The molecule has 1 aromatic heterocycles. The van der Waals surface area contributed by atoms with E-state index in [0.717, 1.165) is 12.2 Å². The molecule has 0 aliphatic heterocycles. The summed E-state index contributed by atoms with van der Waals surface area (Å²) >= 11 is 5.43. The first-order valence-electron chi connectivity index (χ1n) is 5.95. The maximum absolute atomic E-state index is 12.7. The Hall–Kier alpha value is -2.03. The molecule has 0 saturated carbocycles. The molecule has 0 unspecified atom stereocenters. The molecule has 0 bridgehead atoms. The number of benzene rings is 1. The van der Waals surface area contributed by atoms with Gasteiger partial charge >= 0.3 is 12.4 Å². The van der Waals surface area contributed by atoms with Gasteiger partial charge in [0.15, 0.2) is 5.82 Å². The monoisotopic (exact) mass is 356 g/mol. The van der Waals surface area contributed by atoms with E-state index >= 15 is 0 Å². The third-order valence-corrected chi connectivity index (χ3v) is 2.86. The fraction of sp³-hybridized carbons (Fsp3) is 0.231. The molecule has 0 amide bonds. The van der Waals surface area contributed by atoms with E-state index in [1.807, 2.05) is 0 Å². The SMILES string of the molecule is FC(F)(F)c1cc(/C=C\c2noc(CCl)n2)cc(C(F)(F)F)c1. The molecule has 3 nitrogen and oxygen atoms in total. The van der Waals surface area contributed by atoms with Gasteiger partial charge in [-0.1, -0.05) is 11.2 Å². The first-order valence-corrected chi connectivity index (χ1v) is 6.49. The molecule has 1 heterocycles. The summed E-state index contributed by atoms with van der Waals surface area (Å²) < 4.78 is 80.9. The molecule has 0 aliphatic carbocycles. The maximum atomic E-state index is 12.7. The van der Waals surface area contributed by atoms with Crippen LogP contribution < -0.4 is 0 Å². The first-order chi connectivity index (χ1) is 10.6. The molecule has 0 N–H and O–H groups in total. The molecule has 0 spiro atoms. The van der Waals surface area contributed by atoms with Crippen molar-refractivity contribution in [3.63, 3.8) is 0 Å². The lowest BCUT2D eigenvalue weighted by Gasteiger charge is -2.12. The predicted molar refractivity (Wildman–Crippen MR) is 69.2 cm³/mol. The summed E-state index contributed by atoms with van der Waals surface area (Å²) in [4.78, 5) is 3.75. The summed E-state index contributed by atoms with van der Waals surface area (Å²) in [5.74, 6) is -0.0132. The summed E-state index contributed by atoms with van der Waals surface area (Å²) in [6, 6.07) is 1.24. The van der Waals surface area contributed by atoms with Crippen molar-refractivity contribution >= 4 is 23.8 Å². The highest BCUT2D eigenvalue weighted by Gasteiger charge is 2.36. The van der Waals surface area contributed by atoms with Crippen LogP contribution in [0.2, 0.25) is 0 Å². The van der Waals surface area contributed by atoms with Crippen LogP contribution in [0.15, 0.2) is 22.7 Å². The zero-order chi connectivity index (χ0) is 17.3. The van der Waals surface area contributed by atoms with Crippen LogP contribution in [0.25, 0.3) is 12.2 Å². The molecular formula is C13H7ClF6N2O. The van der Waals surface area contributed by atoms with Crippen LogP contribution in [0.5, 0.6) is 0 Å². The number of rotatable bonds is 3. The van der Waals surface area contributed by atoms with Gasteiger partial charge in [-0.05, 0) is 29.8 Å². The first kappa shape index (κ1) is 17.3. The minimum absolute atomic E-state index is 0.0216. The number of alkyl halides is 7. The van der Waals surface area contributed by atoms with E-state index in [-0.39, 0.29) is 29.2 Å². The molecule has 0 aliphatic rings. The van der Waals surface area contributed by atoms with Crippen LogP contribution in [0.4, 0.5) is 26.3 Å². The molecule has 23 heavy (non-hydrogen) atoms. The van der Waals surface area contributed by atoms with Crippen molar-refractivity contribution in [2.24, 2.45) is 0 Å². The lowest BCUT2D eigenvalue weighted by atomic mass is 10.0. The smallest absolute Gasteiger partial charge is 0.338 e. The third-order valence-electron chi connectivity index (χ3n) is 2.63. The lowest BCUT2D eigenvalue weighted by molar-refractivity contribution is -0.143. The van der Waals surface area contributed by atoms with Crippen molar-refractivity contribution in [3.8, 4) is 0 Å². The van der Waals surface area contributed by atoms with E-state index in [1.54, 1.807) is 0 Å². The highest BCUT2D eigenvalue weighted by Crippen LogP contribution is 2.36. The molecule has 0 fully saturated rings. The second-order valence-corrected chi connectivity index (χ2v) is 4.62. The van der Waals surface area contributed by atoms with Gasteiger partial charge in [0.1, 0.15) is 5.88 Å². The molecule has 0 saturated heterocycles. The Kier molecular flexibility index (Phi) is 4.69. The van der Waals surface area contributed by atoms with Gasteiger partial charge in [-0.3, -0.25) is 0 Å². The average molecular weight is 357 g/mol. The molecular weight excluding hydrogens is 350 g/mol. The highest BCUT2D eigenvalue weighted by molar-refractivity contribution is 6.16. The van der Waals surface area contributed by atoms with Gasteiger partial charge in [-0.2, -0.15) is 31.3 Å². The number of halogens is 7. The van der Waals surface area contributed by atoms with Crippen molar-refractivity contribution in [2.45, 2.75) is 18.2 Å². The van der Waals surface area contributed by atoms with Crippen LogP contribution in [-0.2, 0) is 18.2 Å². The van der Waals surface area contributed by atoms with E-state index in [1.165, 1.54) is 0 Å². The molecule has 1 aromatic carbocycles. The average Bonchev–Trinajstić information content (AvgIpc) is 2.91. The van der Waals surface area contributed by atoms with Gasteiger partial charge in [0.2, 0.25) is 5.89 Å². The molecule has 2 aromatic rings. The van der Waals surface area contributed by atoms with Crippen molar-refractivity contribution in [2.75, 3.05) is 0 Å². The summed E-state index contributed by atoms with van der Waals surface area (Å²) in [7, 11) is 0. The fourth-order valence-electron chi connectivity index (χ4n) is 1.64. The van der Waals surface area contributed by atoms with Crippen molar-refractivity contribution in [1.29, 1.82) is 0 Å². The quantitative estimate of drug-likeness (QED) is 0.573. The zero-order valence-corrected chi connectivity index (χ0v) is 11.8. The van der Waals surface area contributed by atoms with E-state index in [4.69, 9.17) is 11.6 Å². The van der Waals surface area contributed by atoms with Gasteiger partial charge < -0.3 is 4.52 Å². The topological polar surface area (TPSA) is 38.9 Å². The van der Waals surface area contributed by atoms with Crippen LogP contribution in [0.3, 0.4) is 0 Å². The van der Waals surface area contributed by atoms with Crippen molar-refractivity contribution in [3.05, 3.63) is 46.6 Å². The minimum Gasteiger partial charge on any atom is -0.338 e. The standard InChI is InChI=1S/C13H7ClF6N2O/c14-6-11-21-10(22-23-11)2-1-7-3-8(12(15,16)17)5-9(4-7)13(18,19)20/h1-5H,6H2/b2-1-. The van der Waals surface area contributed by atoms with Crippen LogP contribution in [0.1, 0.15) is 28.4 Å². The summed E-state index contributed by atoms with van der Waals surface area (Å²) in [6.07, 6.45) is -7.66.